The third-order valence-electron chi connectivity index (χ3n) is 2.68. The predicted molar refractivity (Wildman–Crippen MR) is 74.7 cm³/mol. The number of rotatable bonds is 5. The van der Waals surface area contributed by atoms with E-state index >= 15 is 0 Å². The number of halogens is 1. The molecule has 0 spiro atoms. The molecule has 0 aliphatic rings. The first-order chi connectivity index (χ1) is 8.71. The quantitative estimate of drug-likeness (QED) is 0.858. The number of nitrogens with two attached hydrogens (primary N) is 1. The summed E-state index contributed by atoms with van der Waals surface area (Å²) < 4.78 is 14.1. The standard InChI is InChI=1S/C12H15FN3S2/c1-16-12(17-2)9(6-14)11(15-16)10-5-8(3-4-13)7-18-10/h5H,3-4,6,14H2,1-2H3. The fourth-order valence-electron chi connectivity index (χ4n) is 1.87. The Morgan fingerprint density at radius 3 is 3.00 bits per heavy atom. The van der Waals surface area contributed by atoms with Crippen LogP contribution in [0.5, 0.6) is 0 Å². The molecule has 1 radical (unpaired) electrons. The molecule has 0 aliphatic heterocycles. The first-order valence-electron chi connectivity index (χ1n) is 5.58. The molecule has 0 saturated heterocycles. The van der Waals surface area contributed by atoms with Crippen LogP contribution in [0.2, 0.25) is 0 Å². The Hall–Kier alpha value is -0.850. The van der Waals surface area contributed by atoms with E-state index in [9.17, 15) is 4.39 Å². The lowest BCUT2D eigenvalue weighted by Gasteiger charge is -1.99. The molecule has 0 atom stereocenters. The molecule has 2 N–H and O–H groups in total. The lowest BCUT2D eigenvalue weighted by molar-refractivity contribution is 0.495. The van der Waals surface area contributed by atoms with Crippen molar-refractivity contribution in [3.63, 3.8) is 0 Å². The molecule has 18 heavy (non-hydrogen) atoms. The largest absolute Gasteiger partial charge is 0.326 e. The highest BCUT2D eigenvalue weighted by atomic mass is 32.2. The van der Waals surface area contributed by atoms with Gasteiger partial charge in [0.05, 0.1) is 16.6 Å². The Morgan fingerprint density at radius 1 is 1.61 bits per heavy atom. The summed E-state index contributed by atoms with van der Waals surface area (Å²) in [7, 11) is 1.91. The van der Waals surface area contributed by atoms with Gasteiger partial charge in [0.25, 0.3) is 0 Å². The molecule has 0 saturated carbocycles. The fourth-order valence-corrected chi connectivity index (χ4v) is 3.46. The summed E-state index contributed by atoms with van der Waals surface area (Å²) in [5, 5.41) is 8.69. The van der Waals surface area contributed by atoms with Crippen molar-refractivity contribution in [2.45, 2.75) is 18.0 Å². The van der Waals surface area contributed by atoms with Crippen molar-refractivity contribution in [3.05, 3.63) is 22.6 Å². The van der Waals surface area contributed by atoms with Crippen LogP contribution in [0.15, 0.2) is 11.1 Å². The van der Waals surface area contributed by atoms with Crippen molar-refractivity contribution in [1.29, 1.82) is 0 Å². The Bertz CT molecular complexity index is 533. The van der Waals surface area contributed by atoms with E-state index in [0.717, 1.165) is 26.7 Å². The van der Waals surface area contributed by atoms with E-state index in [4.69, 9.17) is 5.73 Å². The summed E-state index contributed by atoms with van der Waals surface area (Å²) in [6.45, 7) is 0.102. The maximum absolute atomic E-state index is 12.3. The maximum Gasteiger partial charge on any atom is 0.108 e. The van der Waals surface area contributed by atoms with Gasteiger partial charge in [0.15, 0.2) is 0 Å². The Kier molecular flexibility index (Phi) is 4.42. The Balaban J connectivity index is 2.42. The summed E-state index contributed by atoms with van der Waals surface area (Å²) >= 11 is 3.11. The van der Waals surface area contributed by atoms with Gasteiger partial charge < -0.3 is 5.73 Å². The average Bonchev–Trinajstić information content (AvgIpc) is 2.93. The normalized spacial score (nSPS) is 11.1. The summed E-state index contributed by atoms with van der Waals surface area (Å²) in [5.74, 6) is 0. The van der Waals surface area contributed by atoms with Gasteiger partial charge in [0, 0.05) is 31.0 Å². The van der Waals surface area contributed by atoms with E-state index in [0.29, 0.717) is 13.0 Å². The minimum atomic E-state index is -0.352. The Morgan fingerprint density at radius 2 is 2.39 bits per heavy atom. The molecular weight excluding hydrogens is 269 g/mol. The van der Waals surface area contributed by atoms with Crippen LogP contribution < -0.4 is 5.73 Å². The summed E-state index contributed by atoms with van der Waals surface area (Å²) in [6.07, 6.45) is 2.42. The van der Waals surface area contributed by atoms with Crippen molar-refractivity contribution >= 4 is 23.1 Å². The predicted octanol–water partition coefficient (Wildman–Crippen LogP) is 2.64. The molecule has 6 heteroatoms. The number of thiophene rings is 1. The van der Waals surface area contributed by atoms with Gasteiger partial charge >= 0.3 is 0 Å². The summed E-state index contributed by atoms with van der Waals surface area (Å²) in [6, 6.07) is 1.95. The van der Waals surface area contributed by atoms with Gasteiger partial charge in [0.2, 0.25) is 0 Å². The van der Waals surface area contributed by atoms with Gasteiger partial charge in [-0.05, 0) is 17.9 Å². The molecule has 0 amide bonds. The molecule has 2 heterocycles. The van der Waals surface area contributed by atoms with Crippen LogP contribution in [0.4, 0.5) is 4.39 Å². The zero-order chi connectivity index (χ0) is 13.1. The van der Waals surface area contributed by atoms with E-state index in [1.54, 1.807) is 11.8 Å². The van der Waals surface area contributed by atoms with Crippen LogP contribution in [0.3, 0.4) is 0 Å². The monoisotopic (exact) mass is 284 g/mol. The number of aryl methyl sites for hydroxylation is 2. The van der Waals surface area contributed by atoms with Crippen LogP contribution in [-0.2, 0) is 20.0 Å². The van der Waals surface area contributed by atoms with Gasteiger partial charge in [-0.25, -0.2) is 0 Å². The lowest BCUT2D eigenvalue weighted by Crippen LogP contribution is -1.99. The second kappa shape index (κ2) is 5.86. The summed E-state index contributed by atoms with van der Waals surface area (Å²) in [4.78, 5) is 1.01. The number of hydrogen-bond acceptors (Lipinski definition) is 4. The molecule has 0 aromatic carbocycles. The zero-order valence-corrected chi connectivity index (χ0v) is 12.0. The van der Waals surface area contributed by atoms with Gasteiger partial charge in [-0.15, -0.1) is 23.1 Å². The molecule has 0 aliphatic carbocycles. The Labute approximate surface area is 114 Å². The van der Waals surface area contributed by atoms with Crippen LogP contribution in [0.1, 0.15) is 11.1 Å². The molecular formula is C12H15FN3S2. The third kappa shape index (κ3) is 2.46. The number of hydrogen-bond donors (Lipinski definition) is 1. The highest BCUT2D eigenvalue weighted by Gasteiger charge is 2.17. The molecule has 2 aromatic heterocycles. The highest BCUT2D eigenvalue weighted by molar-refractivity contribution is 7.98. The first-order valence-corrected chi connectivity index (χ1v) is 7.62. The van der Waals surface area contributed by atoms with Crippen molar-refractivity contribution in [2.75, 3.05) is 12.9 Å². The molecule has 0 fully saturated rings. The molecule has 3 nitrogen and oxygen atoms in total. The van der Waals surface area contributed by atoms with Crippen LogP contribution in [-0.4, -0.2) is 22.7 Å². The number of nitrogens with zero attached hydrogens (tertiary/aromatic N) is 2. The SMILES string of the molecule is CSc1c(CN)c(-c2cc(CCF)[c]s2)nn1C. The van der Waals surface area contributed by atoms with E-state index in [1.807, 2.05) is 24.1 Å². The van der Waals surface area contributed by atoms with Crippen molar-refractivity contribution in [3.8, 4) is 10.6 Å². The van der Waals surface area contributed by atoms with Gasteiger partial charge in [-0.2, -0.15) is 5.10 Å². The number of alkyl halides is 1. The van der Waals surface area contributed by atoms with Crippen molar-refractivity contribution in [2.24, 2.45) is 12.8 Å². The van der Waals surface area contributed by atoms with Gasteiger partial charge in [0.1, 0.15) is 5.69 Å². The highest BCUT2D eigenvalue weighted by Crippen LogP contribution is 2.33. The van der Waals surface area contributed by atoms with E-state index in [2.05, 4.69) is 10.5 Å². The average molecular weight is 284 g/mol. The molecule has 97 valence electrons. The molecule has 0 unspecified atom stereocenters. The van der Waals surface area contributed by atoms with Crippen LogP contribution >= 0.6 is 23.1 Å². The lowest BCUT2D eigenvalue weighted by atomic mass is 10.2. The van der Waals surface area contributed by atoms with Gasteiger partial charge in [-0.1, -0.05) is 0 Å². The molecule has 2 rings (SSSR count). The second-order valence-corrected chi connectivity index (χ2v) is 5.48. The summed E-state index contributed by atoms with van der Waals surface area (Å²) in [5.41, 5.74) is 8.66. The first kappa shape index (κ1) is 13.6. The molecule has 0 bridgehead atoms. The minimum Gasteiger partial charge on any atom is -0.326 e. The van der Waals surface area contributed by atoms with E-state index < -0.39 is 0 Å². The number of thioether (sulfide) groups is 1. The third-order valence-corrected chi connectivity index (χ3v) is 4.47. The maximum atomic E-state index is 12.3. The van der Waals surface area contributed by atoms with Crippen LogP contribution in [0.25, 0.3) is 10.6 Å². The fraction of sp³-hybridized carbons (Fsp3) is 0.417. The van der Waals surface area contributed by atoms with Gasteiger partial charge in [-0.3, -0.25) is 9.07 Å². The number of aromatic nitrogens is 2. The zero-order valence-electron chi connectivity index (χ0n) is 10.4. The van der Waals surface area contributed by atoms with E-state index in [-0.39, 0.29) is 6.67 Å². The molecule has 2 aromatic rings. The minimum absolute atomic E-state index is 0.352. The van der Waals surface area contributed by atoms with Crippen molar-refractivity contribution < 1.29 is 4.39 Å². The topological polar surface area (TPSA) is 43.8 Å². The van der Waals surface area contributed by atoms with E-state index in [1.165, 1.54) is 11.3 Å². The van der Waals surface area contributed by atoms with Crippen molar-refractivity contribution in [1.82, 2.24) is 9.78 Å². The smallest absolute Gasteiger partial charge is 0.108 e. The van der Waals surface area contributed by atoms with Crippen LogP contribution in [0, 0.1) is 5.38 Å². The second-order valence-electron chi connectivity index (χ2n) is 3.84.